The van der Waals surface area contributed by atoms with Crippen molar-refractivity contribution in [3.8, 4) is 0 Å². The summed E-state index contributed by atoms with van der Waals surface area (Å²) < 4.78 is 0. The van der Waals surface area contributed by atoms with Crippen molar-refractivity contribution in [1.29, 1.82) is 0 Å². The van der Waals surface area contributed by atoms with E-state index >= 15 is 0 Å². The fourth-order valence-electron chi connectivity index (χ4n) is 3.63. The van der Waals surface area contributed by atoms with Crippen molar-refractivity contribution in [1.82, 2.24) is 9.80 Å². The lowest BCUT2D eigenvalue weighted by atomic mass is 9.84. The quantitative estimate of drug-likeness (QED) is 0.858. The first-order chi connectivity index (χ1) is 10.5. The highest BCUT2D eigenvalue weighted by Crippen LogP contribution is 2.27. The summed E-state index contributed by atoms with van der Waals surface area (Å²) in [7, 11) is 0. The average molecular weight is 309 g/mol. The summed E-state index contributed by atoms with van der Waals surface area (Å²) in [6.45, 7) is 6.35. The Balaban J connectivity index is 1.77. The minimum absolute atomic E-state index is 0.0239. The van der Waals surface area contributed by atoms with E-state index in [0.717, 1.165) is 6.42 Å². The van der Waals surface area contributed by atoms with E-state index in [0.29, 0.717) is 32.1 Å². The number of nitrogens with zero attached hydrogens (tertiary/aromatic N) is 2. The van der Waals surface area contributed by atoms with Gasteiger partial charge in [0.25, 0.3) is 0 Å². The highest BCUT2D eigenvalue weighted by Gasteiger charge is 2.29. The second kappa shape index (κ2) is 7.95. The third-order valence-corrected chi connectivity index (χ3v) is 5.03. The van der Waals surface area contributed by atoms with Gasteiger partial charge in [-0.3, -0.25) is 9.59 Å². The Morgan fingerprint density at radius 3 is 1.95 bits per heavy atom. The summed E-state index contributed by atoms with van der Waals surface area (Å²) in [5, 5.41) is 0. The van der Waals surface area contributed by atoms with Crippen LogP contribution < -0.4 is 5.73 Å². The summed E-state index contributed by atoms with van der Waals surface area (Å²) in [4.78, 5) is 28.2. The molecule has 2 amide bonds. The topological polar surface area (TPSA) is 66.6 Å². The SMILES string of the molecule is CC(C)C(=O)N1CCN(C(=O)C(N)CC2CCCCC2)CC1. The number of carbonyl (C=O) groups excluding carboxylic acids is 2. The average Bonchev–Trinajstić information content (AvgIpc) is 2.54. The van der Waals surface area contributed by atoms with Crippen molar-refractivity contribution < 1.29 is 9.59 Å². The highest BCUT2D eigenvalue weighted by molar-refractivity contribution is 5.82. The van der Waals surface area contributed by atoms with Crippen LogP contribution >= 0.6 is 0 Å². The lowest BCUT2D eigenvalue weighted by Gasteiger charge is -2.37. The van der Waals surface area contributed by atoms with Gasteiger partial charge in [0.1, 0.15) is 0 Å². The molecule has 2 aliphatic rings. The molecule has 1 saturated carbocycles. The summed E-state index contributed by atoms with van der Waals surface area (Å²) in [5.41, 5.74) is 6.15. The van der Waals surface area contributed by atoms with Crippen molar-refractivity contribution >= 4 is 11.8 Å². The molecule has 2 rings (SSSR count). The van der Waals surface area contributed by atoms with Gasteiger partial charge in [0.2, 0.25) is 11.8 Å². The molecule has 0 bridgehead atoms. The molecule has 5 nitrogen and oxygen atoms in total. The molecule has 2 fully saturated rings. The number of rotatable bonds is 4. The molecule has 1 unspecified atom stereocenters. The van der Waals surface area contributed by atoms with Crippen LogP contribution in [0.15, 0.2) is 0 Å². The number of nitrogens with two attached hydrogens (primary N) is 1. The molecule has 2 N–H and O–H groups in total. The van der Waals surface area contributed by atoms with Gasteiger partial charge in [-0.1, -0.05) is 46.0 Å². The van der Waals surface area contributed by atoms with E-state index in [9.17, 15) is 9.59 Å². The minimum atomic E-state index is -0.365. The monoisotopic (exact) mass is 309 g/mol. The molecule has 0 radical (unpaired) electrons. The predicted octanol–water partition coefficient (Wildman–Crippen LogP) is 1.61. The van der Waals surface area contributed by atoms with Crippen LogP contribution in [-0.2, 0) is 9.59 Å². The van der Waals surface area contributed by atoms with Crippen LogP contribution in [0.2, 0.25) is 0 Å². The summed E-state index contributed by atoms with van der Waals surface area (Å²) >= 11 is 0. The van der Waals surface area contributed by atoms with Gasteiger partial charge in [-0.15, -0.1) is 0 Å². The first-order valence-corrected chi connectivity index (χ1v) is 8.82. The van der Waals surface area contributed by atoms with Crippen molar-refractivity contribution in [2.75, 3.05) is 26.2 Å². The first kappa shape index (κ1) is 17.3. The Morgan fingerprint density at radius 2 is 1.45 bits per heavy atom. The van der Waals surface area contributed by atoms with Crippen LogP contribution in [0.5, 0.6) is 0 Å². The van der Waals surface area contributed by atoms with E-state index in [1.807, 2.05) is 23.6 Å². The summed E-state index contributed by atoms with van der Waals surface area (Å²) in [6.07, 6.45) is 7.15. The lowest BCUT2D eigenvalue weighted by molar-refractivity contribution is -0.142. The van der Waals surface area contributed by atoms with E-state index in [4.69, 9.17) is 5.73 Å². The second-order valence-electron chi connectivity index (χ2n) is 7.15. The zero-order valence-corrected chi connectivity index (χ0v) is 14.1. The third kappa shape index (κ3) is 4.45. The van der Waals surface area contributed by atoms with E-state index < -0.39 is 0 Å². The van der Waals surface area contributed by atoms with E-state index in [1.54, 1.807) is 0 Å². The van der Waals surface area contributed by atoms with Crippen molar-refractivity contribution in [3.63, 3.8) is 0 Å². The molecule has 1 saturated heterocycles. The minimum Gasteiger partial charge on any atom is -0.339 e. The highest BCUT2D eigenvalue weighted by atomic mass is 16.2. The van der Waals surface area contributed by atoms with Gasteiger partial charge in [-0.25, -0.2) is 0 Å². The van der Waals surface area contributed by atoms with E-state index in [1.165, 1.54) is 32.1 Å². The fraction of sp³-hybridized carbons (Fsp3) is 0.882. The Bertz CT molecular complexity index is 383. The molecule has 1 atom stereocenters. The van der Waals surface area contributed by atoms with Gasteiger partial charge in [0.05, 0.1) is 6.04 Å². The number of piperazine rings is 1. The standard InChI is InChI=1S/C17H31N3O2/c1-13(2)16(21)19-8-10-20(11-9-19)17(22)15(18)12-14-6-4-3-5-7-14/h13-15H,3-12,18H2,1-2H3. The molecule has 0 spiro atoms. The van der Waals surface area contributed by atoms with Gasteiger partial charge >= 0.3 is 0 Å². The molecular weight excluding hydrogens is 278 g/mol. The van der Waals surface area contributed by atoms with Gasteiger partial charge in [-0.2, -0.15) is 0 Å². The molecule has 5 heteroatoms. The Labute approximate surface area is 134 Å². The maximum Gasteiger partial charge on any atom is 0.239 e. The fourth-order valence-corrected chi connectivity index (χ4v) is 3.63. The zero-order valence-electron chi connectivity index (χ0n) is 14.1. The predicted molar refractivity (Wildman–Crippen MR) is 87.2 cm³/mol. The van der Waals surface area contributed by atoms with Crippen LogP contribution in [-0.4, -0.2) is 53.8 Å². The van der Waals surface area contributed by atoms with Crippen molar-refractivity contribution in [3.05, 3.63) is 0 Å². The van der Waals surface area contributed by atoms with Crippen LogP contribution in [0.25, 0.3) is 0 Å². The van der Waals surface area contributed by atoms with E-state index in [2.05, 4.69) is 0 Å². The van der Waals surface area contributed by atoms with Crippen LogP contribution in [0, 0.1) is 11.8 Å². The molecular formula is C17H31N3O2. The largest absolute Gasteiger partial charge is 0.339 e. The zero-order chi connectivity index (χ0) is 16.1. The van der Waals surface area contributed by atoms with E-state index in [-0.39, 0.29) is 23.8 Å². The van der Waals surface area contributed by atoms with Crippen LogP contribution in [0.1, 0.15) is 52.4 Å². The smallest absolute Gasteiger partial charge is 0.239 e. The van der Waals surface area contributed by atoms with Gasteiger partial charge in [-0.05, 0) is 12.3 Å². The van der Waals surface area contributed by atoms with Crippen molar-refractivity contribution in [2.45, 2.75) is 58.4 Å². The number of carbonyl (C=O) groups is 2. The molecule has 1 aliphatic heterocycles. The normalized spacial score (nSPS) is 22.0. The maximum atomic E-state index is 12.5. The Kier molecular flexibility index (Phi) is 6.24. The molecule has 1 heterocycles. The molecule has 0 aromatic carbocycles. The Hall–Kier alpha value is -1.10. The number of amides is 2. The first-order valence-electron chi connectivity index (χ1n) is 8.82. The van der Waals surface area contributed by atoms with Crippen LogP contribution in [0.4, 0.5) is 0 Å². The molecule has 22 heavy (non-hydrogen) atoms. The third-order valence-electron chi connectivity index (χ3n) is 5.03. The maximum absolute atomic E-state index is 12.5. The summed E-state index contributed by atoms with van der Waals surface area (Å²) in [6, 6.07) is -0.365. The van der Waals surface area contributed by atoms with Gasteiger partial charge in [0.15, 0.2) is 0 Å². The number of hydrogen-bond donors (Lipinski definition) is 1. The molecule has 126 valence electrons. The van der Waals surface area contributed by atoms with Crippen LogP contribution in [0.3, 0.4) is 0 Å². The number of hydrogen-bond acceptors (Lipinski definition) is 3. The summed E-state index contributed by atoms with van der Waals surface area (Å²) in [5.74, 6) is 0.896. The van der Waals surface area contributed by atoms with Crippen molar-refractivity contribution in [2.24, 2.45) is 17.6 Å². The molecule has 1 aliphatic carbocycles. The van der Waals surface area contributed by atoms with Gasteiger partial charge in [0, 0.05) is 32.1 Å². The second-order valence-corrected chi connectivity index (χ2v) is 7.15. The van der Waals surface area contributed by atoms with Gasteiger partial charge < -0.3 is 15.5 Å². The lowest BCUT2D eigenvalue weighted by Crippen LogP contribution is -2.55. The molecule has 0 aromatic rings. The Morgan fingerprint density at radius 1 is 0.955 bits per heavy atom. The molecule has 0 aromatic heterocycles.